The number of amides is 1. The molecule has 1 atom stereocenters. The van der Waals surface area contributed by atoms with E-state index in [1.807, 2.05) is 0 Å². The zero-order valence-electron chi connectivity index (χ0n) is 14.1. The van der Waals surface area contributed by atoms with Crippen LogP contribution in [0.1, 0.15) is 18.1 Å². The second kappa shape index (κ2) is 8.48. The van der Waals surface area contributed by atoms with Gasteiger partial charge in [0.1, 0.15) is 5.82 Å². The van der Waals surface area contributed by atoms with Crippen LogP contribution in [0.5, 0.6) is 0 Å². The summed E-state index contributed by atoms with van der Waals surface area (Å²) in [5.74, 6) is -1.91. The van der Waals surface area contributed by atoms with E-state index in [9.17, 15) is 27.2 Å². The lowest BCUT2D eigenvalue weighted by Crippen LogP contribution is -2.29. The normalized spacial score (nSPS) is 12.6. The molecule has 0 spiro atoms. The Balaban J connectivity index is 1.89. The fourth-order valence-corrected chi connectivity index (χ4v) is 1.99. The van der Waals surface area contributed by atoms with Crippen molar-refractivity contribution in [1.82, 2.24) is 0 Å². The number of hydrogen-bond donors (Lipinski definition) is 1. The van der Waals surface area contributed by atoms with E-state index < -0.39 is 35.5 Å². The summed E-state index contributed by atoms with van der Waals surface area (Å²) < 4.78 is 55.2. The van der Waals surface area contributed by atoms with E-state index in [1.165, 1.54) is 49.4 Å². The molecule has 0 aliphatic heterocycles. The number of hydrogen-bond acceptors (Lipinski definition) is 3. The van der Waals surface area contributed by atoms with E-state index in [4.69, 9.17) is 4.74 Å². The van der Waals surface area contributed by atoms with Crippen molar-refractivity contribution in [2.24, 2.45) is 0 Å². The van der Waals surface area contributed by atoms with Gasteiger partial charge in [0.2, 0.25) is 0 Å². The van der Waals surface area contributed by atoms with E-state index in [-0.39, 0.29) is 0 Å². The summed E-state index contributed by atoms with van der Waals surface area (Å²) in [6.07, 6.45) is -3.29. The van der Waals surface area contributed by atoms with Crippen molar-refractivity contribution >= 4 is 23.6 Å². The van der Waals surface area contributed by atoms with Crippen LogP contribution >= 0.6 is 0 Å². The number of alkyl halides is 3. The van der Waals surface area contributed by atoms with Crippen molar-refractivity contribution in [3.63, 3.8) is 0 Å². The van der Waals surface area contributed by atoms with Crippen LogP contribution in [0.2, 0.25) is 0 Å². The first-order valence-corrected chi connectivity index (χ1v) is 7.77. The first-order chi connectivity index (χ1) is 12.6. The Labute approximate surface area is 152 Å². The zero-order valence-corrected chi connectivity index (χ0v) is 14.1. The average Bonchev–Trinajstić information content (AvgIpc) is 2.61. The van der Waals surface area contributed by atoms with E-state index in [1.54, 1.807) is 0 Å². The molecule has 0 heterocycles. The van der Waals surface area contributed by atoms with Crippen molar-refractivity contribution in [1.29, 1.82) is 0 Å². The lowest BCUT2D eigenvalue weighted by atomic mass is 10.1. The molecule has 8 heteroatoms. The maximum absolute atomic E-state index is 12.8. The number of anilines is 1. The van der Waals surface area contributed by atoms with Crippen LogP contribution in [0.3, 0.4) is 0 Å². The van der Waals surface area contributed by atoms with Crippen LogP contribution in [0.25, 0.3) is 6.08 Å². The van der Waals surface area contributed by atoms with Crippen molar-refractivity contribution < 1.29 is 31.9 Å². The minimum atomic E-state index is -4.44. The highest BCUT2D eigenvalue weighted by Gasteiger charge is 2.29. The predicted octanol–water partition coefficient (Wildman–Crippen LogP) is 4.43. The van der Waals surface area contributed by atoms with Gasteiger partial charge in [-0.05, 0) is 55.0 Å². The molecule has 0 fully saturated rings. The molecule has 1 N–H and O–H groups in total. The topological polar surface area (TPSA) is 55.4 Å². The molecular weight excluding hydrogens is 366 g/mol. The van der Waals surface area contributed by atoms with Gasteiger partial charge in [-0.3, -0.25) is 4.79 Å². The molecule has 0 aromatic heterocycles. The van der Waals surface area contributed by atoms with Crippen molar-refractivity contribution in [2.75, 3.05) is 5.32 Å². The number of rotatable bonds is 5. The Hall–Kier alpha value is -3.16. The van der Waals surface area contributed by atoms with Gasteiger partial charge in [-0.15, -0.1) is 0 Å². The number of carbonyl (C=O) groups is 2. The molecule has 0 aliphatic carbocycles. The van der Waals surface area contributed by atoms with Gasteiger partial charge in [0.05, 0.1) is 5.56 Å². The highest BCUT2D eigenvalue weighted by molar-refractivity contribution is 5.96. The van der Waals surface area contributed by atoms with Crippen molar-refractivity contribution in [3.05, 3.63) is 71.6 Å². The SMILES string of the molecule is C[C@@H](OC(=O)/C=C/c1ccc(C(F)(F)F)cc1)C(=O)Nc1ccc(F)cc1. The molecule has 0 saturated carbocycles. The predicted molar refractivity (Wildman–Crippen MR) is 91.1 cm³/mol. The van der Waals surface area contributed by atoms with Gasteiger partial charge in [0.15, 0.2) is 6.10 Å². The third-order valence-corrected chi connectivity index (χ3v) is 3.42. The summed E-state index contributed by atoms with van der Waals surface area (Å²) in [6, 6.07) is 9.23. The number of esters is 1. The van der Waals surface area contributed by atoms with E-state index in [0.717, 1.165) is 18.2 Å². The van der Waals surface area contributed by atoms with E-state index in [0.29, 0.717) is 11.3 Å². The molecule has 142 valence electrons. The number of benzene rings is 2. The number of carbonyl (C=O) groups excluding carboxylic acids is 2. The lowest BCUT2D eigenvalue weighted by molar-refractivity contribution is -0.148. The molecule has 0 aliphatic rings. The summed E-state index contributed by atoms with van der Waals surface area (Å²) in [4.78, 5) is 23.7. The zero-order chi connectivity index (χ0) is 20.0. The Morgan fingerprint density at radius 1 is 1.04 bits per heavy atom. The molecule has 0 unspecified atom stereocenters. The third kappa shape index (κ3) is 6.25. The highest BCUT2D eigenvalue weighted by Crippen LogP contribution is 2.29. The Bertz CT molecular complexity index is 828. The smallest absolute Gasteiger partial charge is 0.416 e. The highest BCUT2D eigenvalue weighted by atomic mass is 19.4. The monoisotopic (exact) mass is 381 g/mol. The third-order valence-electron chi connectivity index (χ3n) is 3.42. The fourth-order valence-electron chi connectivity index (χ4n) is 1.99. The van der Waals surface area contributed by atoms with E-state index in [2.05, 4.69) is 5.32 Å². The largest absolute Gasteiger partial charge is 0.449 e. The second-order valence-electron chi connectivity index (χ2n) is 5.53. The first-order valence-electron chi connectivity index (χ1n) is 7.77. The summed E-state index contributed by atoms with van der Waals surface area (Å²) in [6.45, 7) is 1.35. The molecule has 27 heavy (non-hydrogen) atoms. The summed E-state index contributed by atoms with van der Waals surface area (Å²) in [5, 5.41) is 2.45. The number of ether oxygens (including phenoxy) is 1. The van der Waals surface area contributed by atoms with E-state index >= 15 is 0 Å². The molecule has 0 radical (unpaired) electrons. The maximum atomic E-state index is 12.8. The van der Waals surface area contributed by atoms with Gasteiger partial charge in [0.25, 0.3) is 5.91 Å². The lowest BCUT2D eigenvalue weighted by Gasteiger charge is -2.12. The molecule has 0 saturated heterocycles. The van der Waals surface area contributed by atoms with Crippen LogP contribution in [0, 0.1) is 5.82 Å². The van der Waals surface area contributed by atoms with Crippen LogP contribution in [-0.4, -0.2) is 18.0 Å². The van der Waals surface area contributed by atoms with Gasteiger partial charge in [-0.2, -0.15) is 13.2 Å². The average molecular weight is 381 g/mol. The van der Waals surface area contributed by atoms with Crippen LogP contribution in [-0.2, 0) is 20.5 Å². The molecular formula is C19H15F4NO3. The number of halogens is 4. The molecule has 0 bridgehead atoms. The standard InChI is InChI=1S/C19H15F4NO3/c1-12(18(26)24-16-9-7-15(20)8-10-16)27-17(25)11-4-13-2-5-14(6-3-13)19(21,22)23/h2-12H,1H3,(H,24,26)/b11-4+/t12-/m1/s1. The van der Waals surface area contributed by atoms with Gasteiger partial charge >= 0.3 is 12.1 Å². The fraction of sp³-hybridized carbons (Fsp3) is 0.158. The number of nitrogens with one attached hydrogen (secondary N) is 1. The quantitative estimate of drug-likeness (QED) is 0.474. The molecule has 2 rings (SSSR count). The second-order valence-corrected chi connectivity index (χ2v) is 5.53. The van der Waals surface area contributed by atoms with Gasteiger partial charge in [-0.25, -0.2) is 9.18 Å². The van der Waals surface area contributed by atoms with Gasteiger partial charge in [0, 0.05) is 11.8 Å². The van der Waals surface area contributed by atoms with Crippen molar-refractivity contribution in [3.8, 4) is 0 Å². The molecule has 2 aromatic carbocycles. The van der Waals surface area contributed by atoms with Gasteiger partial charge in [-0.1, -0.05) is 12.1 Å². The minimum absolute atomic E-state index is 0.338. The maximum Gasteiger partial charge on any atom is 0.416 e. The Morgan fingerprint density at radius 3 is 2.19 bits per heavy atom. The summed E-state index contributed by atoms with van der Waals surface area (Å²) in [7, 11) is 0. The first kappa shape index (κ1) is 20.2. The molecule has 2 aromatic rings. The minimum Gasteiger partial charge on any atom is -0.449 e. The summed E-state index contributed by atoms with van der Waals surface area (Å²) >= 11 is 0. The van der Waals surface area contributed by atoms with Crippen LogP contribution in [0.4, 0.5) is 23.2 Å². The summed E-state index contributed by atoms with van der Waals surface area (Å²) in [5.41, 5.74) is -0.0960. The molecule has 4 nitrogen and oxygen atoms in total. The Morgan fingerprint density at radius 2 is 1.63 bits per heavy atom. The van der Waals surface area contributed by atoms with Crippen LogP contribution in [0.15, 0.2) is 54.6 Å². The van der Waals surface area contributed by atoms with Crippen molar-refractivity contribution in [2.45, 2.75) is 19.2 Å². The Kier molecular flexibility index (Phi) is 6.33. The molecule has 1 amide bonds. The van der Waals surface area contributed by atoms with Crippen LogP contribution < -0.4 is 5.32 Å². The van der Waals surface area contributed by atoms with Gasteiger partial charge < -0.3 is 10.1 Å².